The van der Waals surface area contributed by atoms with Gasteiger partial charge in [0.1, 0.15) is 11.5 Å². The molecule has 0 saturated heterocycles. The molecule has 28 heavy (non-hydrogen) atoms. The van der Waals surface area contributed by atoms with Crippen LogP contribution in [0.3, 0.4) is 0 Å². The molecule has 0 fully saturated rings. The maximum Gasteiger partial charge on any atom is 0.255 e. The molecule has 0 aromatic heterocycles. The first kappa shape index (κ1) is 20.0. The number of carbonyl (C=O) groups is 1. The molecule has 0 radical (unpaired) electrons. The van der Waals surface area contributed by atoms with Crippen LogP contribution in [-0.2, 0) is 0 Å². The van der Waals surface area contributed by atoms with E-state index in [1.807, 2.05) is 45.0 Å². The van der Waals surface area contributed by atoms with Gasteiger partial charge in [0, 0.05) is 22.3 Å². The second kappa shape index (κ2) is 8.53. The summed E-state index contributed by atoms with van der Waals surface area (Å²) in [6, 6.07) is 13.1. The van der Waals surface area contributed by atoms with Gasteiger partial charge in [-0.25, -0.2) is 0 Å². The number of fused-ring (bicyclic) bond motifs is 1. The van der Waals surface area contributed by atoms with Crippen LogP contribution >= 0.6 is 11.6 Å². The van der Waals surface area contributed by atoms with Gasteiger partial charge >= 0.3 is 0 Å². The zero-order valence-electron chi connectivity index (χ0n) is 16.3. The molecule has 0 atom stereocenters. The van der Waals surface area contributed by atoms with Gasteiger partial charge in [-0.2, -0.15) is 0 Å². The van der Waals surface area contributed by atoms with Gasteiger partial charge in [0.05, 0.1) is 12.2 Å². The molecule has 4 nitrogen and oxygen atoms in total. The molecule has 5 heteroatoms. The second-order valence-corrected chi connectivity index (χ2v) is 7.39. The number of rotatable bonds is 6. The van der Waals surface area contributed by atoms with Crippen molar-refractivity contribution >= 4 is 28.3 Å². The van der Waals surface area contributed by atoms with E-state index in [4.69, 9.17) is 16.3 Å². The topological polar surface area (TPSA) is 58.6 Å². The van der Waals surface area contributed by atoms with E-state index in [1.54, 1.807) is 6.07 Å². The van der Waals surface area contributed by atoms with E-state index in [1.165, 1.54) is 11.6 Å². The Kier molecular flexibility index (Phi) is 6.10. The fourth-order valence-corrected chi connectivity index (χ4v) is 3.64. The molecule has 3 rings (SSSR count). The van der Waals surface area contributed by atoms with Crippen molar-refractivity contribution in [2.45, 2.75) is 27.2 Å². The number of amides is 1. The Bertz CT molecular complexity index is 1030. The van der Waals surface area contributed by atoms with Crippen LogP contribution in [0.2, 0.25) is 5.02 Å². The van der Waals surface area contributed by atoms with Crippen molar-refractivity contribution in [2.75, 3.05) is 13.2 Å². The van der Waals surface area contributed by atoms with Crippen molar-refractivity contribution in [3.05, 3.63) is 69.7 Å². The number of hydrogen-bond donors (Lipinski definition) is 2. The van der Waals surface area contributed by atoms with Gasteiger partial charge in [0.2, 0.25) is 0 Å². The molecule has 3 aromatic carbocycles. The molecule has 1 amide bonds. The molecule has 146 valence electrons. The first-order valence-electron chi connectivity index (χ1n) is 9.27. The molecule has 2 N–H and O–H groups in total. The van der Waals surface area contributed by atoms with Crippen LogP contribution in [0, 0.1) is 20.8 Å². The third kappa shape index (κ3) is 4.23. The Morgan fingerprint density at radius 2 is 1.89 bits per heavy atom. The highest BCUT2D eigenvalue weighted by atomic mass is 35.5. The fourth-order valence-electron chi connectivity index (χ4n) is 3.28. The summed E-state index contributed by atoms with van der Waals surface area (Å²) in [6.07, 6.45) is 0.653. The predicted molar refractivity (Wildman–Crippen MR) is 114 cm³/mol. The highest BCUT2D eigenvalue weighted by molar-refractivity contribution is 6.36. The van der Waals surface area contributed by atoms with Crippen LogP contribution in [-0.4, -0.2) is 24.2 Å². The van der Waals surface area contributed by atoms with Crippen molar-refractivity contribution in [3.63, 3.8) is 0 Å². The number of phenols is 1. The van der Waals surface area contributed by atoms with E-state index in [2.05, 4.69) is 11.4 Å². The van der Waals surface area contributed by atoms with Gasteiger partial charge in [-0.15, -0.1) is 0 Å². The zero-order valence-corrected chi connectivity index (χ0v) is 17.1. The Morgan fingerprint density at radius 3 is 2.64 bits per heavy atom. The third-order valence-corrected chi connectivity index (χ3v) is 5.03. The highest BCUT2D eigenvalue weighted by Gasteiger charge is 2.17. The lowest BCUT2D eigenvalue weighted by molar-refractivity contribution is 0.0949. The number of benzene rings is 3. The standard InChI is InChI=1S/C23H24ClNO3/c1-14-8-9-20(16(3)12-14)28-11-5-10-25-23(27)18-13-19(24)21-15(2)6-4-7-17(21)22(18)26/h4,6-9,12-13,26H,5,10-11H2,1-3H3,(H,25,27). The molecule has 0 bridgehead atoms. The van der Waals surface area contributed by atoms with Crippen molar-refractivity contribution in [1.82, 2.24) is 5.32 Å². The van der Waals surface area contributed by atoms with E-state index in [0.29, 0.717) is 30.0 Å². The monoisotopic (exact) mass is 397 g/mol. The van der Waals surface area contributed by atoms with Crippen LogP contribution < -0.4 is 10.1 Å². The Morgan fingerprint density at radius 1 is 1.11 bits per heavy atom. The molecule has 0 saturated carbocycles. The predicted octanol–water partition coefficient (Wildman–Crippen LogP) is 5.32. The number of ether oxygens (including phenoxy) is 1. The summed E-state index contributed by atoms with van der Waals surface area (Å²) >= 11 is 6.35. The first-order chi connectivity index (χ1) is 13.4. The van der Waals surface area contributed by atoms with E-state index >= 15 is 0 Å². The van der Waals surface area contributed by atoms with Gasteiger partial charge in [0.15, 0.2) is 0 Å². The summed E-state index contributed by atoms with van der Waals surface area (Å²) in [5, 5.41) is 15.1. The highest BCUT2D eigenvalue weighted by Crippen LogP contribution is 2.36. The number of aromatic hydroxyl groups is 1. The van der Waals surface area contributed by atoms with E-state index in [0.717, 1.165) is 22.3 Å². The van der Waals surface area contributed by atoms with Crippen LogP contribution in [0.4, 0.5) is 0 Å². The minimum absolute atomic E-state index is 0.0490. The average Bonchev–Trinajstić information content (AvgIpc) is 2.65. The number of carbonyl (C=O) groups excluding carboxylic acids is 1. The smallest absolute Gasteiger partial charge is 0.255 e. The van der Waals surface area contributed by atoms with Gasteiger partial charge in [-0.3, -0.25) is 4.79 Å². The van der Waals surface area contributed by atoms with Crippen LogP contribution in [0.15, 0.2) is 42.5 Å². The number of phenolic OH excluding ortho intramolecular Hbond substituents is 1. The van der Waals surface area contributed by atoms with Gasteiger partial charge in [-0.05, 0) is 50.5 Å². The Labute approximate surface area is 170 Å². The average molecular weight is 398 g/mol. The maximum atomic E-state index is 12.5. The van der Waals surface area contributed by atoms with Crippen LogP contribution in [0.5, 0.6) is 11.5 Å². The SMILES string of the molecule is Cc1ccc(OCCCNC(=O)c2cc(Cl)c3c(C)cccc3c2O)c(C)c1. The molecule has 0 unspecified atom stereocenters. The van der Waals surface area contributed by atoms with Crippen LogP contribution in [0.25, 0.3) is 10.8 Å². The van der Waals surface area contributed by atoms with E-state index < -0.39 is 0 Å². The van der Waals surface area contributed by atoms with Gasteiger partial charge in [-0.1, -0.05) is 47.5 Å². The summed E-state index contributed by atoms with van der Waals surface area (Å²) in [5.41, 5.74) is 3.42. The lowest BCUT2D eigenvalue weighted by atomic mass is 10.0. The lowest BCUT2D eigenvalue weighted by Crippen LogP contribution is -2.25. The minimum Gasteiger partial charge on any atom is -0.506 e. The molecule has 0 aliphatic rings. The Hall–Kier alpha value is -2.72. The second-order valence-electron chi connectivity index (χ2n) is 6.98. The van der Waals surface area contributed by atoms with E-state index in [-0.39, 0.29) is 17.2 Å². The molecule has 3 aromatic rings. The van der Waals surface area contributed by atoms with Gasteiger partial charge in [0.25, 0.3) is 5.91 Å². The minimum atomic E-state index is -0.352. The van der Waals surface area contributed by atoms with Crippen molar-refractivity contribution < 1.29 is 14.6 Å². The molecule has 0 aliphatic carbocycles. The lowest BCUT2D eigenvalue weighted by Gasteiger charge is -2.13. The van der Waals surface area contributed by atoms with Crippen molar-refractivity contribution in [3.8, 4) is 11.5 Å². The molecule has 0 aliphatic heterocycles. The van der Waals surface area contributed by atoms with E-state index in [9.17, 15) is 9.90 Å². The molecular weight excluding hydrogens is 374 g/mol. The molecule has 0 spiro atoms. The summed E-state index contributed by atoms with van der Waals surface area (Å²) in [6.45, 7) is 6.91. The quantitative estimate of drug-likeness (QED) is 0.553. The molecular formula is C23H24ClNO3. The summed E-state index contributed by atoms with van der Waals surface area (Å²) in [4.78, 5) is 12.5. The normalized spacial score (nSPS) is 10.9. The van der Waals surface area contributed by atoms with Crippen molar-refractivity contribution in [1.29, 1.82) is 0 Å². The number of hydrogen-bond acceptors (Lipinski definition) is 3. The maximum absolute atomic E-state index is 12.5. The number of nitrogens with one attached hydrogen (secondary N) is 1. The van der Waals surface area contributed by atoms with Crippen LogP contribution in [0.1, 0.15) is 33.5 Å². The van der Waals surface area contributed by atoms with Gasteiger partial charge < -0.3 is 15.2 Å². The largest absolute Gasteiger partial charge is 0.506 e. The molecule has 0 heterocycles. The summed E-state index contributed by atoms with van der Waals surface area (Å²) in [5.74, 6) is 0.452. The third-order valence-electron chi connectivity index (χ3n) is 4.73. The van der Waals surface area contributed by atoms with Crippen molar-refractivity contribution in [2.24, 2.45) is 0 Å². The summed E-state index contributed by atoms with van der Waals surface area (Å²) in [7, 11) is 0. The Balaban J connectivity index is 1.60. The number of halogens is 1. The number of aryl methyl sites for hydroxylation is 3. The zero-order chi connectivity index (χ0) is 20.3. The summed E-state index contributed by atoms with van der Waals surface area (Å²) < 4.78 is 5.77. The fraction of sp³-hybridized carbons (Fsp3) is 0.261. The first-order valence-corrected chi connectivity index (χ1v) is 9.65.